The van der Waals surface area contributed by atoms with E-state index in [1.807, 2.05) is 31.2 Å². The highest BCUT2D eigenvalue weighted by Crippen LogP contribution is 2.32. The lowest BCUT2D eigenvalue weighted by atomic mass is 10.1. The fourth-order valence-corrected chi connectivity index (χ4v) is 5.34. The maximum Gasteiger partial charge on any atom is 0.264 e. The smallest absolute Gasteiger partial charge is 0.264 e. The fourth-order valence-electron chi connectivity index (χ4n) is 3.90. The van der Waals surface area contributed by atoms with Crippen LogP contribution in [0.3, 0.4) is 0 Å². The Morgan fingerprint density at radius 1 is 0.842 bits per heavy atom. The van der Waals surface area contributed by atoms with Crippen molar-refractivity contribution in [1.29, 1.82) is 0 Å². The molecule has 0 aliphatic carbocycles. The van der Waals surface area contributed by atoms with Crippen molar-refractivity contribution in [3.05, 3.63) is 108 Å². The van der Waals surface area contributed by atoms with Crippen molar-refractivity contribution < 1.29 is 22.7 Å². The number of carbonyl (C=O) groups excluding carboxylic acids is 1. The number of rotatable bonds is 10. The van der Waals surface area contributed by atoms with Gasteiger partial charge in [0.2, 0.25) is 5.91 Å². The molecule has 8 nitrogen and oxygen atoms in total. The molecular formula is C29H29N3O5S. The standard InChI is InChI=1S/C29H29N3O5S/c1-21-4-10-25(11-5-21)32(38(34,35)26-12-13-27(36-2)28(19-26)37-3)20-29(33)31-24-8-6-22(7-9-24)18-23-14-16-30-17-15-23/h4-17,19H,18,20H2,1-3H3,(H,31,33). The normalized spacial score (nSPS) is 11.0. The minimum absolute atomic E-state index is 0.0241. The van der Waals surface area contributed by atoms with Gasteiger partial charge in [-0.3, -0.25) is 14.1 Å². The van der Waals surface area contributed by atoms with Crippen LogP contribution in [-0.2, 0) is 21.2 Å². The van der Waals surface area contributed by atoms with Crippen LogP contribution in [0.4, 0.5) is 11.4 Å². The third kappa shape index (κ3) is 6.30. The van der Waals surface area contributed by atoms with Gasteiger partial charge < -0.3 is 14.8 Å². The Hall–Kier alpha value is -4.37. The van der Waals surface area contributed by atoms with Crippen molar-refractivity contribution in [2.75, 3.05) is 30.4 Å². The van der Waals surface area contributed by atoms with Gasteiger partial charge in [0.25, 0.3) is 10.0 Å². The quantitative estimate of drug-likeness (QED) is 0.315. The molecule has 0 fully saturated rings. The van der Waals surface area contributed by atoms with Gasteiger partial charge in [-0.15, -0.1) is 0 Å². The number of aromatic nitrogens is 1. The maximum absolute atomic E-state index is 13.7. The third-order valence-corrected chi connectivity index (χ3v) is 7.72. The summed E-state index contributed by atoms with van der Waals surface area (Å²) in [5, 5.41) is 2.81. The number of nitrogens with zero attached hydrogens (tertiary/aromatic N) is 2. The average molecular weight is 532 g/mol. The van der Waals surface area contributed by atoms with Crippen molar-refractivity contribution in [2.45, 2.75) is 18.2 Å². The molecule has 0 bridgehead atoms. The summed E-state index contributed by atoms with van der Waals surface area (Å²) in [5.74, 6) is 0.198. The van der Waals surface area contributed by atoms with Crippen molar-refractivity contribution in [3.8, 4) is 11.5 Å². The van der Waals surface area contributed by atoms with E-state index in [-0.39, 0.29) is 10.6 Å². The van der Waals surface area contributed by atoms with Gasteiger partial charge in [0.15, 0.2) is 11.5 Å². The van der Waals surface area contributed by atoms with E-state index in [1.54, 1.807) is 48.8 Å². The zero-order valence-corrected chi connectivity index (χ0v) is 22.2. The summed E-state index contributed by atoms with van der Waals surface area (Å²) in [6, 6.07) is 22.6. The molecule has 38 heavy (non-hydrogen) atoms. The lowest BCUT2D eigenvalue weighted by Gasteiger charge is -2.24. The van der Waals surface area contributed by atoms with E-state index in [0.29, 0.717) is 17.1 Å². The monoisotopic (exact) mass is 531 g/mol. The summed E-state index contributed by atoms with van der Waals surface area (Å²) < 4.78 is 39.1. The van der Waals surface area contributed by atoms with Gasteiger partial charge in [0, 0.05) is 24.1 Å². The number of hydrogen-bond donors (Lipinski definition) is 1. The predicted octanol–water partition coefficient (Wildman–Crippen LogP) is 4.83. The molecule has 4 rings (SSSR count). The molecule has 0 unspecified atom stereocenters. The molecule has 1 amide bonds. The van der Waals surface area contributed by atoms with E-state index in [1.165, 1.54) is 32.4 Å². The van der Waals surface area contributed by atoms with Gasteiger partial charge >= 0.3 is 0 Å². The van der Waals surface area contributed by atoms with Crippen molar-refractivity contribution in [2.24, 2.45) is 0 Å². The van der Waals surface area contributed by atoms with Gasteiger partial charge in [0.05, 0.1) is 24.8 Å². The number of ether oxygens (including phenoxy) is 2. The topological polar surface area (TPSA) is 97.8 Å². The Bertz CT molecular complexity index is 1490. The average Bonchev–Trinajstić information content (AvgIpc) is 2.93. The van der Waals surface area contributed by atoms with E-state index in [0.717, 1.165) is 27.4 Å². The number of benzene rings is 3. The summed E-state index contributed by atoms with van der Waals surface area (Å²) in [5.41, 5.74) is 4.11. The predicted molar refractivity (Wildman–Crippen MR) is 147 cm³/mol. The highest BCUT2D eigenvalue weighted by Gasteiger charge is 2.28. The van der Waals surface area contributed by atoms with E-state index in [2.05, 4.69) is 10.3 Å². The van der Waals surface area contributed by atoms with Gasteiger partial charge in [-0.1, -0.05) is 29.8 Å². The Morgan fingerprint density at radius 2 is 1.47 bits per heavy atom. The zero-order valence-electron chi connectivity index (χ0n) is 21.4. The number of methoxy groups -OCH3 is 2. The number of amides is 1. The van der Waals surface area contributed by atoms with E-state index in [9.17, 15) is 13.2 Å². The third-order valence-electron chi connectivity index (χ3n) is 5.95. The van der Waals surface area contributed by atoms with Crippen LogP contribution in [-0.4, -0.2) is 40.1 Å². The van der Waals surface area contributed by atoms with E-state index in [4.69, 9.17) is 9.47 Å². The van der Waals surface area contributed by atoms with Gasteiger partial charge in [-0.05, 0) is 73.0 Å². The summed E-state index contributed by atoms with van der Waals surface area (Å²) in [4.78, 5) is 17.1. The molecule has 0 saturated carbocycles. The van der Waals surface area contributed by atoms with Crippen LogP contribution in [0, 0.1) is 6.92 Å². The highest BCUT2D eigenvalue weighted by molar-refractivity contribution is 7.92. The van der Waals surface area contributed by atoms with Crippen LogP contribution >= 0.6 is 0 Å². The number of hydrogen-bond acceptors (Lipinski definition) is 6. The molecule has 1 N–H and O–H groups in total. The van der Waals surface area contributed by atoms with Crippen LogP contribution in [0.15, 0.2) is 96.2 Å². The molecule has 4 aromatic rings. The summed E-state index contributed by atoms with van der Waals surface area (Å²) in [6.07, 6.45) is 4.24. The Labute approximate surface area is 222 Å². The molecule has 0 saturated heterocycles. The van der Waals surface area contributed by atoms with E-state index < -0.39 is 22.5 Å². The molecule has 0 radical (unpaired) electrons. The van der Waals surface area contributed by atoms with Gasteiger partial charge in [0.1, 0.15) is 6.54 Å². The highest BCUT2D eigenvalue weighted by atomic mass is 32.2. The van der Waals surface area contributed by atoms with Crippen LogP contribution in [0.25, 0.3) is 0 Å². The number of nitrogens with one attached hydrogen (secondary N) is 1. The summed E-state index contributed by atoms with van der Waals surface area (Å²) >= 11 is 0. The second-order valence-electron chi connectivity index (χ2n) is 8.64. The molecule has 196 valence electrons. The van der Waals surface area contributed by atoms with Gasteiger partial charge in [-0.25, -0.2) is 8.42 Å². The molecule has 0 atom stereocenters. The number of anilines is 2. The molecular weight excluding hydrogens is 502 g/mol. The number of aryl methyl sites for hydroxylation is 1. The largest absolute Gasteiger partial charge is 0.493 e. The Kier molecular flexibility index (Phi) is 8.28. The first kappa shape index (κ1) is 26.7. The summed E-state index contributed by atoms with van der Waals surface area (Å²) in [7, 11) is -1.22. The van der Waals surface area contributed by atoms with Crippen molar-refractivity contribution in [1.82, 2.24) is 4.98 Å². The second kappa shape index (κ2) is 11.8. The minimum Gasteiger partial charge on any atom is -0.493 e. The zero-order chi connectivity index (χ0) is 27.1. The van der Waals surface area contributed by atoms with E-state index >= 15 is 0 Å². The first-order valence-corrected chi connectivity index (χ1v) is 13.3. The fraction of sp³-hybridized carbons (Fsp3) is 0.172. The van der Waals surface area contributed by atoms with Crippen LogP contribution in [0.2, 0.25) is 0 Å². The second-order valence-corrected chi connectivity index (χ2v) is 10.5. The van der Waals surface area contributed by atoms with Crippen LogP contribution in [0.5, 0.6) is 11.5 Å². The molecule has 9 heteroatoms. The number of sulfonamides is 1. The maximum atomic E-state index is 13.7. The number of pyridine rings is 1. The lowest BCUT2D eigenvalue weighted by Crippen LogP contribution is -2.38. The van der Waals surface area contributed by atoms with Crippen molar-refractivity contribution >= 4 is 27.3 Å². The molecule has 0 spiro atoms. The first-order chi connectivity index (χ1) is 18.3. The van der Waals surface area contributed by atoms with Crippen LogP contribution < -0.4 is 19.1 Å². The molecule has 3 aromatic carbocycles. The Morgan fingerprint density at radius 3 is 2.11 bits per heavy atom. The van der Waals surface area contributed by atoms with Crippen molar-refractivity contribution in [3.63, 3.8) is 0 Å². The first-order valence-electron chi connectivity index (χ1n) is 11.9. The summed E-state index contributed by atoms with van der Waals surface area (Å²) in [6.45, 7) is 1.49. The molecule has 0 aliphatic heterocycles. The molecule has 1 aromatic heterocycles. The molecule has 1 heterocycles. The minimum atomic E-state index is -4.12. The SMILES string of the molecule is COc1ccc(S(=O)(=O)N(CC(=O)Nc2ccc(Cc3ccncc3)cc2)c2ccc(C)cc2)cc1OC. The lowest BCUT2D eigenvalue weighted by molar-refractivity contribution is -0.114. The Balaban J connectivity index is 1.56. The molecule has 0 aliphatic rings. The number of carbonyl (C=O) groups is 1. The van der Waals surface area contributed by atoms with Crippen LogP contribution in [0.1, 0.15) is 16.7 Å². The van der Waals surface area contributed by atoms with Gasteiger partial charge in [-0.2, -0.15) is 0 Å².